The first-order chi connectivity index (χ1) is 9.60. The Morgan fingerprint density at radius 2 is 2.10 bits per heavy atom. The second-order valence-electron chi connectivity index (χ2n) is 5.57. The van der Waals surface area contributed by atoms with Gasteiger partial charge >= 0.3 is 0 Å². The van der Waals surface area contributed by atoms with Gasteiger partial charge in [-0.1, -0.05) is 13.0 Å². The number of nitrogens with zero attached hydrogens (tertiary/aromatic N) is 1. The fraction of sp³-hybridized carbons (Fsp3) is 0.562. The molecule has 4 heteroatoms. The van der Waals surface area contributed by atoms with Crippen LogP contribution >= 0.6 is 15.9 Å². The maximum Gasteiger partial charge on any atom is 0.252 e. The van der Waals surface area contributed by atoms with Crippen LogP contribution < -0.4 is 5.32 Å². The maximum absolute atomic E-state index is 12.2. The predicted octanol–water partition coefficient (Wildman–Crippen LogP) is 3.22. The first-order valence-corrected chi connectivity index (χ1v) is 8.16. The molecule has 1 fully saturated rings. The Morgan fingerprint density at radius 3 is 2.70 bits per heavy atom. The molecule has 0 unspecified atom stereocenters. The summed E-state index contributed by atoms with van der Waals surface area (Å²) in [6, 6.07) is 5.84. The molecular formula is C16H23BrN2O. The van der Waals surface area contributed by atoms with E-state index in [4.69, 9.17) is 0 Å². The predicted molar refractivity (Wildman–Crippen MR) is 86.1 cm³/mol. The van der Waals surface area contributed by atoms with E-state index in [1.807, 2.05) is 25.1 Å². The van der Waals surface area contributed by atoms with Crippen molar-refractivity contribution in [1.82, 2.24) is 10.2 Å². The lowest BCUT2D eigenvalue weighted by Gasteiger charge is -2.31. The molecule has 0 aromatic heterocycles. The molecule has 0 bridgehead atoms. The van der Waals surface area contributed by atoms with E-state index >= 15 is 0 Å². The number of amides is 1. The summed E-state index contributed by atoms with van der Waals surface area (Å²) in [4.78, 5) is 14.7. The van der Waals surface area contributed by atoms with Crippen molar-refractivity contribution in [2.24, 2.45) is 5.92 Å². The number of carbonyl (C=O) groups excluding carboxylic acids is 1. The molecule has 0 aliphatic carbocycles. The van der Waals surface area contributed by atoms with Crippen molar-refractivity contribution in [2.75, 3.05) is 26.2 Å². The third kappa shape index (κ3) is 4.06. The van der Waals surface area contributed by atoms with E-state index in [1.54, 1.807) is 0 Å². The maximum atomic E-state index is 12.2. The van der Waals surface area contributed by atoms with Crippen LogP contribution in [0.4, 0.5) is 0 Å². The van der Waals surface area contributed by atoms with Crippen molar-refractivity contribution in [2.45, 2.75) is 26.7 Å². The summed E-state index contributed by atoms with van der Waals surface area (Å²) in [5, 5.41) is 3.07. The Bertz CT molecular complexity index is 468. The summed E-state index contributed by atoms with van der Waals surface area (Å²) in [5.41, 5.74) is 1.88. The molecule has 3 nitrogen and oxygen atoms in total. The zero-order valence-electron chi connectivity index (χ0n) is 12.3. The van der Waals surface area contributed by atoms with Crippen molar-refractivity contribution in [1.29, 1.82) is 0 Å². The molecule has 1 aliphatic heterocycles. The monoisotopic (exact) mass is 338 g/mol. The Kier molecular flexibility index (Phi) is 5.61. The second-order valence-corrected chi connectivity index (χ2v) is 6.43. The quantitative estimate of drug-likeness (QED) is 0.914. The van der Waals surface area contributed by atoms with Gasteiger partial charge in [0.25, 0.3) is 5.91 Å². The Balaban J connectivity index is 1.83. The fourth-order valence-electron chi connectivity index (χ4n) is 2.64. The number of rotatable bonds is 4. The molecule has 0 atom stereocenters. The molecule has 1 aromatic carbocycles. The first-order valence-electron chi connectivity index (χ1n) is 7.37. The number of nitrogens with one attached hydrogen (secondary N) is 1. The highest BCUT2D eigenvalue weighted by molar-refractivity contribution is 9.10. The van der Waals surface area contributed by atoms with Gasteiger partial charge in [0, 0.05) is 11.0 Å². The minimum atomic E-state index is 0.0230. The van der Waals surface area contributed by atoms with E-state index in [2.05, 4.69) is 33.1 Å². The molecule has 20 heavy (non-hydrogen) atoms. The molecule has 1 N–H and O–H groups in total. The highest BCUT2D eigenvalue weighted by atomic mass is 79.9. The standard InChI is InChI=1S/C16H23BrN2O/c1-3-19-8-6-13(7-9-19)11-18-16(20)14-5-4-12(2)10-15(14)17/h4-5,10,13H,3,6-9,11H2,1-2H3,(H,18,20). The van der Waals surface area contributed by atoms with Gasteiger partial charge in [0.1, 0.15) is 0 Å². The molecule has 1 amide bonds. The van der Waals surface area contributed by atoms with Crippen molar-refractivity contribution >= 4 is 21.8 Å². The highest BCUT2D eigenvalue weighted by Crippen LogP contribution is 2.19. The van der Waals surface area contributed by atoms with Crippen molar-refractivity contribution in [3.63, 3.8) is 0 Å². The summed E-state index contributed by atoms with van der Waals surface area (Å²) in [6.45, 7) is 8.47. The second kappa shape index (κ2) is 7.23. The normalized spacial score (nSPS) is 17.1. The molecule has 1 aromatic rings. The van der Waals surface area contributed by atoms with Gasteiger partial charge in [0.05, 0.1) is 5.56 Å². The van der Waals surface area contributed by atoms with Gasteiger partial charge in [-0.3, -0.25) is 4.79 Å². The topological polar surface area (TPSA) is 32.3 Å². The third-order valence-electron chi connectivity index (χ3n) is 4.07. The van der Waals surface area contributed by atoms with Crippen LogP contribution in [-0.4, -0.2) is 37.0 Å². The SMILES string of the molecule is CCN1CCC(CNC(=O)c2ccc(C)cc2Br)CC1. The molecule has 1 heterocycles. The summed E-state index contributed by atoms with van der Waals surface area (Å²) in [6.07, 6.45) is 2.37. The average molecular weight is 339 g/mol. The number of benzene rings is 1. The lowest BCUT2D eigenvalue weighted by molar-refractivity contribution is 0.0936. The van der Waals surface area contributed by atoms with Crippen LogP contribution in [-0.2, 0) is 0 Å². The molecule has 0 radical (unpaired) electrons. The summed E-state index contributed by atoms with van der Waals surface area (Å²) in [7, 11) is 0. The van der Waals surface area contributed by atoms with Gasteiger partial charge in [0.2, 0.25) is 0 Å². The van der Waals surface area contributed by atoms with E-state index in [1.165, 1.54) is 12.8 Å². The molecule has 110 valence electrons. The zero-order valence-corrected chi connectivity index (χ0v) is 13.9. The van der Waals surface area contributed by atoms with Gasteiger partial charge in [-0.2, -0.15) is 0 Å². The van der Waals surface area contributed by atoms with Crippen LogP contribution in [0.15, 0.2) is 22.7 Å². The van der Waals surface area contributed by atoms with Crippen LogP contribution in [0.3, 0.4) is 0 Å². The summed E-state index contributed by atoms with van der Waals surface area (Å²) < 4.78 is 0.871. The Labute approximate surface area is 129 Å². The van der Waals surface area contributed by atoms with E-state index in [0.29, 0.717) is 5.92 Å². The molecule has 1 saturated heterocycles. The van der Waals surface area contributed by atoms with Gasteiger partial charge in [-0.05, 0) is 78.9 Å². The Morgan fingerprint density at radius 1 is 1.40 bits per heavy atom. The largest absolute Gasteiger partial charge is 0.352 e. The minimum absolute atomic E-state index is 0.0230. The molecule has 0 spiro atoms. The van der Waals surface area contributed by atoms with Crippen molar-refractivity contribution < 1.29 is 4.79 Å². The summed E-state index contributed by atoms with van der Waals surface area (Å²) in [5.74, 6) is 0.640. The van der Waals surface area contributed by atoms with E-state index in [9.17, 15) is 4.79 Å². The average Bonchev–Trinajstić information content (AvgIpc) is 2.45. The van der Waals surface area contributed by atoms with Crippen LogP contribution in [0.5, 0.6) is 0 Å². The smallest absolute Gasteiger partial charge is 0.252 e. The molecule has 1 aliphatic rings. The van der Waals surface area contributed by atoms with Crippen LogP contribution in [0.25, 0.3) is 0 Å². The lowest BCUT2D eigenvalue weighted by atomic mass is 9.96. The van der Waals surface area contributed by atoms with Crippen LogP contribution in [0.1, 0.15) is 35.7 Å². The van der Waals surface area contributed by atoms with Gasteiger partial charge in [-0.25, -0.2) is 0 Å². The molecular weight excluding hydrogens is 316 g/mol. The number of halogens is 1. The van der Waals surface area contributed by atoms with Gasteiger partial charge < -0.3 is 10.2 Å². The minimum Gasteiger partial charge on any atom is -0.352 e. The van der Waals surface area contributed by atoms with E-state index in [-0.39, 0.29) is 5.91 Å². The molecule has 0 saturated carbocycles. The van der Waals surface area contributed by atoms with Crippen molar-refractivity contribution in [3.05, 3.63) is 33.8 Å². The van der Waals surface area contributed by atoms with Gasteiger partial charge in [-0.15, -0.1) is 0 Å². The first kappa shape index (κ1) is 15.5. The van der Waals surface area contributed by atoms with E-state index in [0.717, 1.165) is 41.8 Å². The number of piperidine rings is 1. The molecule has 2 rings (SSSR count). The van der Waals surface area contributed by atoms with Crippen LogP contribution in [0.2, 0.25) is 0 Å². The van der Waals surface area contributed by atoms with Crippen molar-refractivity contribution in [3.8, 4) is 0 Å². The summed E-state index contributed by atoms with van der Waals surface area (Å²) >= 11 is 3.46. The highest BCUT2D eigenvalue weighted by Gasteiger charge is 2.19. The number of carbonyl (C=O) groups is 1. The fourth-order valence-corrected chi connectivity index (χ4v) is 3.32. The third-order valence-corrected chi connectivity index (χ3v) is 4.73. The van der Waals surface area contributed by atoms with E-state index < -0.39 is 0 Å². The number of likely N-dealkylation sites (tertiary alicyclic amines) is 1. The van der Waals surface area contributed by atoms with Gasteiger partial charge in [0.15, 0.2) is 0 Å². The van der Waals surface area contributed by atoms with Crippen LogP contribution in [0, 0.1) is 12.8 Å². The Hall–Kier alpha value is -0.870. The number of hydrogen-bond acceptors (Lipinski definition) is 2. The number of aryl methyl sites for hydroxylation is 1. The zero-order chi connectivity index (χ0) is 14.5. The number of hydrogen-bond donors (Lipinski definition) is 1. The lowest BCUT2D eigenvalue weighted by Crippen LogP contribution is -2.38.